The van der Waals surface area contributed by atoms with E-state index in [1.807, 2.05) is 72.8 Å². The lowest BCUT2D eigenvalue weighted by Gasteiger charge is -2.13. The molecular weight excluding hydrogens is 334 g/mol. The number of carbonyl (C=O) groups is 1. The van der Waals surface area contributed by atoms with Gasteiger partial charge >= 0.3 is 0 Å². The van der Waals surface area contributed by atoms with E-state index in [1.54, 1.807) is 0 Å². The molecule has 3 nitrogen and oxygen atoms in total. The van der Waals surface area contributed by atoms with Crippen LogP contribution >= 0.6 is 0 Å². The van der Waals surface area contributed by atoms with Gasteiger partial charge in [-0.25, -0.2) is 0 Å². The van der Waals surface area contributed by atoms with Gasteiger partial charge in [-0.1, -0.05) is 72.8 Å². The van der Waals surface area contributed by atoms with Gasteiger partial charge in [0.05, 0.1) is 5.92 Å². The molecule has 0 aliphatic rings. The lowest BCUT2D eigenvalue weighted by Crippen LogP contribution is -2.24. The maximum atomic E-state index is 11.5. The van der Waals surface area contributed by atoms with Crippen LogP contribution in [-0.2, 0) is 17.8 Å². The van der Waals surface area contributed by atoms with E-state index in [-0.39, 0.29) is 5.92 Å². The molecule has 0 spiro atoms. The van der Waals surface area contributed by atoms with Crippen LogP contribution in [0.2, 0.25) is 0 Å². The van der Waals surface area contributed by atoms with Gasteiger partial charge in [0.1, 0.15) is 18.6 Å². The summed E-state index contributed by atoms with van der Waals surface area (Å²) in [5.74, 6) is 0.660. The second-order valence-electron chi connectivity index (χ2n) is 6.53. The van der Waals surface area contributed by atoms with Crippen molar-refractivity contribution in [3.63, 3.8) is 0 Å². The minimum atomic E-state index is -0.149. The zero-order valence-corrected chi connectivity index (χ0v) is 15.4. The smallest absolute Gasteiger partial charge is 0.128 e. The van der Waals surface area contributed by atoms with Crippen LogP contribution in [0.5, 0.6) is 5.75 Å². The number of hydrogen-bond acceptors (Lipinski definition) is 3. The minimum absolute atomic E-state index is 0.149. The molecule has 3 rings (SSSR count). The number of hydrogen-bond donors (Lipinski definition) is 1. The standard InChI is InChI=1S/C24H25NO2/c26-18-23(17-25-16-15-20-7-3-1-4-8-20)22-11-13-24(14-12-22)27-19-21-9-5-2-6-10-21/h1-14,18,23,25H,15-17,19H2. The molecule has 3 aromatic carbocycles. The topological polar surface area (TPSA) is 38.3 Å². The molecule has 0 aliphatic heterocycles. The summed E-state index contributed by atoms with van der Waals surface area (Å²) in [7, 11) is 0. The Morgan fingerprint density at radius 3 is 2.07 bits per heavy atom. The molecule has 1 unspecified atom stereocenters. The van der Waals surface area contributed by atoms with Crippen molar-refractivity contribution in [2.24, 2.45) is 0 Å². The highest BCUT2D eigenvalue weighted by Gasteiger charge is 2.10. The van der Waals surface area contributed by atoms with Gasteiger partial charge in [-0.3, -0.25) is 0 Å². The molecule has 27 heavy (non-hydrogen) atoms. The van der Waals surface area contributed by atoms with Crippen molar-refractivity contribution in [3.8, 4) is 5.75 Å². The minimum Gasteiger partial charge on any atom is -0.489 e. The maximum Gasteiger partial charge on any atom is 0.128 e. The van der Waals surface area contributed by atoms with Crippen molar-refractivity contribution in [2.45, 2.75) is 18.9 Å². The van der Waals surface area contributed by atoms with Gasteiger partial charge in [0, 0.05) is 6.54 Å². The monoisotopic (exact) mass is 359 g/mol. The van der Waals surface area contributed by atoms with Gasteiger partial charge in [0.15, 0.2) is 0 Å². The molecule has 3 heteroatoms. The number of benzene rings is 3. The van der Waals surface area contributed by atoms with E-state index in [1.165, 1.54) is 5.56 Å². The van der Waals surface area contributed by atoms with Crippen LogP contribution in [0.25, 0.3) is 0 Å². The number of rotatable bonds is 10. The molecule has 1 atom stereocenters. The number of ether oxygens (including phenoxy) is 1. The fraction of sp³-hybridized carbons (Fsp3) is 0.208. The first-order chi connectivity index (χ1) is 13.3. The van der Waals surface area contributed by atoms with E-state index in [0.717, 1.165) is 36.1 Å². The molecule has 0 saturated heterocycles. The fourth-order valence-corrected chi connectivity index (χ4v) is 2.93. The van der Waals surface area contributed by atoms with Crippen LogP contribution < -0.4 is 10.1 Å². The first kappa shape index (κ1) is 18.9. The molecular formula is C24H25NO2. The number of carbonyl (C=O) groups excluding carboxylic acids is 1. The van der Waals surface area contributed by atoms with Crippen LogP contribution in [0.1, 0.15) is 22.6 Å². The third-order valence-corrected chi connectivity index (χ3v) is 4.52. The Labute approximate surface area is 161 Å². The average molecular weight is 359 g/mol. The van der Waals surface area contributed by atoms with E-state index in [0.29, 0.717) is 13.2 Å². The first-order valence-corrected chi connectivity index (χ1v) is 9.32. The third-order valence-electron chi connectivity index (χ3n) is 4.52. The molecule has 0 aromatic heterocycles. The lowest BCUT2D eigenvalue weighted by molar-refractivity contribution is -0.109. The Hall–Kier alpha value is -2.91. The molecule has 138 valence electrons. The van der Waals surface area contributed by atoms with Crippen LogP contribution in [0, 0.1) is 0 Å². The van der Waals surface area contributed by atoms with Crippen LogP contribution in [0.15, 0.2) is 84.9 Å². The Morgan fingerprint density at radius 2 is 1.44 bits per heavy atom. The van der Waals surface area contributed by atoms with Gasteiger partial charge in [-0.05, 0) is 41.8 Å². The van der Waals surface area contributed by atoms with E-state index in [4.69, 9.17) is 4.74 Å². The largest absolute Gasteiger partial charge is 0.489 e. The van der Waals surface area contributed by atoms with Crippen molar-refractivity contribution in [1.29, 1.82) is 0 Å². The van der Waals surface area contributed by atoms with Crippen LogP contribution in [-0.4, -0.2) is 19.4 Å². The lowest BCUT2D eigenvalue weighted by atomic mass is 10.0. The molecule has 1 N–H and O–H groups in total. The van der Waals surface area contributed by atoms with Crippen molar-refractivity contribution < 1.29 is 9.53 Å². The van der Waals surface area contributed by atoms with Crippen molar-refractivity contribution >= 4 is 6.29 Å². The van der Waals surface area contributed by atoms with Gasteiger partial charge in [0.2, 0.25) is 0 Å². The summed E-state index contributed by atoms with van der Waals surface area (Å²) >= 11 is 0. The summed E-state index contributed by atoms with van der Waals surface area (Å²) in [5.41, 5.74) is 3.44. The van der Waals surface area contributed by atoms with Gasteiger partial charge in [-0.15, -0.1) is 0 Å². The summed E-state index contributed by atoms with van der Waals surface area (Å²) in [4.78, 5) is 11.5. The summed E-state index contributed by atoms with van der Waals surface area (Å²) in [6, 6.07) is 28.2. The number of aldehydes is 1. The molecule has 0 aliphatic carbocycles. The van der Waals surface area contributed by atoms with Crippen LogP contribution in [0.3, 0.4) is 0 Å². The van der Waals surface area contributed by atoms with Crippen molar-refractivity contribution in [2.75, 3.05) is 13.1 Å². The van der Waals surface area contributed by atoms with E-state index >= 15 is 0 Å². The Morgan fingerprint density at radius 1 is 0.815 bits per heavy atom. The number of nitrogens with one attached hydrogen (secondary N) is 1. The van der Waals surface area contributed by atoms with Gasteiger partial charge in [0.25, 0.3) is 0 Å². The summed E-state index contributed by atoms with van der Waals surface area (Å²) in [6.45, 7) is 2.03. The zero-order valence-electron chi connectivity index (χ0n) is 15.4. The first-order valence-electron chi connectivity index (χ1n) is 9.32. The molecule has 0 heterocycles. The van der Waals surface area contributed by atoms with E-state index in [2.05, 4.69) is 17.4 Å². The molecule has 0 fully saturated rings. The zero-order chi connectivity index (χ0) is 18.7. The predicted molar refractivity (Wildman–Crippen MR) is 109 cm³/mol. The molecule has 3 aromatic rings. The maximum absolute atomic E-state index is 11.5. The molecule has 0 amide bonds. The second kappa shape index (κ2) is 10.3. The predicted octanol–water partition coefficient (Wildman–Crippen LogP) is 4.38. The third kappa shape index (κ3) is 6.08. The van der Waals surface area contributed by atoms with Crippen LogP contribution in [0.4, 0.5) is 0 Å². The highest BCUT2D eigenvalue weighted by atomic mass is 16.5. The Kier molecular flexibility index (Phi) is 7.19. The highest BCUT2D eigenvalue weighted by molar-refractivity contribution is 5.62. The Bertz CT molecular complexity index is 801. The Balaban J connectivity index is 1.46. The second-order valence-corrected chi connectivity index (χ2v) is 6.53. The average Bonchev–Trinajstić information content (AvgIpc) is 2.74. The van der Waals surface area contributed by atoms with E-state index in [9.17, 15) is 4.79 Å². The van der Waals surface area contributed by atoms with Gasteiger partial charge < -0.3 is 14.8 Å². The van der Waals surface area contributed by atoms with Gasteiger partial charge in [-0.2, -0.15) is 0 Å². The SMILES string of the molecule is O=CC(CNCCc1ccccc1)c1ccc(OCc2ccccc2)cc1. The highest BCUT2D eigenvalue weighted by Crippen LogP contribution is 2.19. The van der Waals surface area contributed by atoms with Crippen molar-refractivity contribution in [1.82, 2.24) is 5.32 Å². The summed E-state index contributed by atoms with van der Waals surface area (Å²) < 4.78 is 5.80. The molecule has 0 radical (unpaired) electrons. The quantitative estimate of drug-likeness (QED) is 0.431. The molecule has 0 bridgehead atoms. The normalized spacial score (nSPS) is 11.7. The van der Waals surface area contributed by atoms with Crippen molar-refractivity contribution in [3.05, 3.63) is 102 Å². The fourth-order valence-electron chi connectivity index (χ4n) is 2.93. The summed E-state index contributed by atoms with van der Waals surface area (Å²) in [6.07, 6.45) is 1.97. The summed E-state index contributed by atoms with van der Waals surface area (Å²) in [5, 5.41) is 3.38. The molecule has 0 saturated carbocycles. The van der Waals surface area contributed by atoms with E-state index < -0.39 is 0 Å².